The highest BCUT2D eigenvalue weighted by molar-refractivity contribution is 5.83. The van der Waals surface area contributed by atoms with Crippen molar-refractivity contribution in [3.05, 3.63) is 77.9 Å². The minimum atomic E-state index is -0.992. The van der Waals surface area contributed by atoms with Crippen molar-refractivity contribution >= 4 is 6.09 Å². The Morgan fingerprint density at radius 3 is 2.49 bits per heavy atom. The molecule has 1 saturated carbocycles. The van der Waals surface area contributed by atoms with Crippen LogP contribution >= 0.6 is 0 Å². The topological polar surface area (TPSA) is 102 Å². The molecule has 2 aromatic heterocycles. The molecule has 0 bridgehead atoms. The Balaban J connectivity index is 1.47. The van der Waals surface area contributed by atoms with Crippen LogP contribution in [-0.2, 0) is 18.6 Å². The van der Waals surface area contributed by atoms with Crippen molar-refractivity contribution in [3.63, 3.8) is 0 Å². The lowest BCUT2D eigenvalue weighted by molar-refractivity contribution is 0.144. The highest BCUT2D eigenvalue weighted by Crippen LogP contribution is 2.43. The standard InChI is InChI=1S/C29H29N5O3/c1-18(2)15-24-32-33-25-17-37-27-23(34(24)25)16-22(19-7-4-3-5-8-19)26(30-27)20-9-11-21(12-10-20)29(13-6-14-29)31-28(35)36/h3-5,7-12,16,18,31H,6,13-15,17H2,1-2H3,(H,35,36). The van der Waals surface area contributed by atoms with E-state index in [0.717, 1.165) is 71.0 Å². The summed E-state index contributed by atoms with van der Waals surface area (Å²) in [6.07, 6.45) is 2.43. The maximum Gasteiger partial charge on any atom is 0.405 e. The fourth-order valence-corrected chi connectivity index (χ4v) is 5.33. The van der Waals surface area contributed by atoms with Crippen LogP contribution in [0, 0.1) is 5.92 Å². The Morgan fingerprint density at radius 1 is 1.08 bits per heavy atom. The average Bonchev–Trinajstić information content (AvgIpc) is 3.28. The van der Waals surface area contributed by atoms with Crippen LogP contribution in [0.1, 0.15) is 50.3 Å². The largest absolute Gasteiger partial charge is 0.468 e. The lowest BCUT2D eigenvalue weighted by Crippen LogP contribution is -2.50. The fourth-order valence-electron chi connectivity index (χ4n) is 5.33. The molecular formula is C29H29N5O3. The van der Waals surface area contributed by atoms with E-state index in [-0.39, 0.29) is 0 Å². The molecule has 188 valence electrons. The number of benzene rings is 2. The highest BCUT2D eigenvalue weighted by atomic mass is 16.5. The van der Waals surface area contributed by atoms with Crippen LogP contribution in [0.25, 0.3) is 28.1 Å². The number of carboxylic acid groups (broad SMARTS) is 1. The van der Waals surface area contributed by atoms with E-state index in [4.69, 9.17) is 9.72 Å². The average molecular weight is 496 g/mol. The summed E-state index contributed by atoms with van der Waals surface area (Å²) in [7, 11) is 0. The Bertz CT molecular complexity index is 1460. The molecule has 1 aliphatic heterocycles. The van der Waals surface area contributed by atoms with Crippen LogP contribution in [0.3, 0.4) is 0 Å². The number of aromatic nitrogens is 4. The number of ether oxygens (including phenoxy) is 1. The van der Waals surface area contributed by atoms with E-state index >= 15 is 0 Å². The van der Waals surface area contributed by atoms with Gasteiger partial charge in [0.1, 0.15) is 11.5 Å². The van der Waals surface area contributed by atoms with Gasteiger partial charge in [0.15, 0.2) is 12.4 Å². The van der Waals surface area contributed by atoms with Gasteiger partial charge in [-0.05, 0) is 42.4 Å². The van der Waals surface area contributed by atoms with Gasteiger partial charge in [0.05, 0.1) is 11.2 Å². The molecule has 0 saturated heterocycles. The summed E-state index contributed by atoms with van der Waals surface area (Å²) >= 11 is 0. The van der Waals surface area contributed by atoms with E-state index in [1.165, 1.54) is 0 Å². The third-order valence-electron chi connectivity index (χ3n) is 7.28. The van der Waals surface area contributed by atoms with E-state index in [1.807, 2.05) is 42.5 Å². The van der Waals surface area contributed by atoms with Crippen LogP contribution in [0.5, 0.6) is 5.88 Å². The molecule has 2 aromatic carbocycles. The van der Waals surface area contributed by atoms with Crippen LogP contribution in [0.4, 0.5) is 4.79 Å². The Hall–Kier alpha value is -4.20. The molecule has 8 heteroatoms. The minimum absolute atomic E-state index is 0.317. The third kappa shape index (κ3) is 4.12. The second kappa shape index (κ2) is 9.03. The maximum absolute atomic E-state index is 11.4. The van der Waals surface area contributed by atoms with Crippen LogP contribution in [0.2, 0.25) is 0 Å². The van der Waals surface area contributed by atoms with Crippen molar-refractivity contribution in [2.24, 2.45) is 5.92 Å². The molecule has 8 nitrogen and oxygen atoms in total. The first kappa shape index (κ1) is 23.2. The maximum atomic E-state index is 11.4. The summed E-state index contributed by atoms with van der Waals surface area (Å²) in [6, 6.07) is 20.4. The molecule has 37 heavy (non-hydrogen) atoms. The van der Waals surface area contributed by atoms with E-state index in [2.05, 4.69) is 52.1 Å². The first-order valence-electron chi connectivity index (χ1n) is 12.7. The van der Waals surface area contributed by atoms with Gasteiger partial charge in [0.25, 0.3) is 0 Å². The van der Waals surface area contributed by atoms with E-state index in [9.17, 15) is 9.90 Å². The summed E-state index contributed by atoms with van der Waals surface area (Å²) in [6.45, 7) is 4.65. The van der Waals surface area contributed by atoms with E-state index < -0.39 is 11.6 Å². The lowest BCUT2D eigenvalue weighted by Gasteiger charge is -2.42. The van der Waals surface area contributed by atoms with Crippen molar-refractivity contribution in [3.8, 4) is 34.0 Å². The van der Waals surface area contributed by atoms with Crippen LogP contribution in [0.15, 0.2) is 60.7 Å². The summed E-state index contributed by atoms with van der Waals surface area (Å²) < 4.78 is 8.15. The van der Waals surface area contributed by atoms with Crippen molar-refractivity contribution < 1.29 is 14.6 Å². The van der Waals surface area contributed by atoms with Gasteiger partial charge in [-0.2, -0.15) is 0 Å². The van der Waals surface area contributed by atoms with E-state index in [0.29, 0.717) is 18.4 Å². The van der Waals surface area contributed by atoms with Crippen molar-refractivity contribution in [2.75, 3.05) is 0 Å². The molecule has 1 aliphatic carbocycles. The van der Waals surface area contributed by atoms with Gasteiger partial charge in [0.2, 0.25) is 5.88 Å². The van der Waals surface area contributed by atoms with Gasteiger partial charge >= 0.3 is 6.09 Å². The minimum Gasteiger partial charge on any atom is -0.468 e. The third-order valence-corrected chi connectivity index (χ3v) is 7.28. The number of nitrogens with zero attached hydrogens (tertiary/aromatic N) is 4. The summed E-state index contributed by atoms with van der Waals surface area (Å²) in [5.74, 6) is 2.68. The number of carbonyl (C=O) groups is 1. The predicted molar refractivity (Wildman–Crippen MR) is 140 cm³/mol. The molecule has 2 N–H and O–H groups in total. The van der Waals surface area contributed by atoms with Gasteiger partial charge in [0, 0.05) is 17.5 Å². The first-order chi connectivity index (χ1) is 17.9. The van der Waals surface area contributed by atoms with Crippen molar-refractivity contribution in [1.29, 1.82) is 0 Å². The zero-order valence-corrected chi connectivity index (χ0v) is 20.9. The normalized spacial score (nSPS) is 15.3. The molecule has 1 amide bonds. The predicted octanol–water partition coefficient (Wildman–Crippen LogP) is 5.73. The van der Waals surface area contributed by atoms with Gasteiger partial charge < -0.3 is 15.2 Å². The van der Waals surface area contributed by atoms with Gasteiger partial charge in [-0.3, -0.25) is 4.57 Å². The number of hydrogen-bond donors (Lipinski definition) is 2. The molecule has 0 spiro atoms. The zero-order chi connectivity index (χ0) is 25.6. The Kier molecular flexibility index (Phi) is 5.67. The van der Waals surface area contributed by atoms with Crippen LogP contribution in [-0.4, -0.2) is 30.9 Å². The molecule has 4 aromatic rings. The van der Waals surface area contributed by atoms with Crippen molar-refractivity contribution in [1.82, 2.24) is 25.1 Å². The number of pyridine rings is 1. The second-order valence-electron chi connectivity index (χ2n) is 10.3. The zero-order valence-electron chi connectivity index (χ0n) is 20.9. The molecule has 1 fully saturated rings. The van der Waals surface area contributed by atoms with Crippen LogP contribution < -0.4 is 10.1 Å². The van der Waals surface area contributed by atoms with E-state index in [1.54, 1.807) is 0 Å². The molecule has 2 aliphatic rings. The fraction of sp³-hybridized carbons (Fsp3) is 0.310. The second-order valence-corrected chi connectivity index (χ2v) is 10.3. The first-order valence-corrected chi connectivity index (χ1v) is 12.7. The van der Waals surface area contributed by atoms with Gasteiger partial charge in [-0.25, -0.2) is 9.78 Å². The summed E-state index contributed by atoms with van der Waals surface area (Å²) in [4.78, 5) is 16.4. The Morgan fingerprint density at radius 2 is 1.84 bits per heavy atom. The van der Waals surface area contributed by atoms with Crippen molar-refractivity contribution in [2.45, 2.75) is 51.7 Å². The lowest BCUT2D eigenvalue weighted by atomic mass is 9.71. The van der Waals surface area contributed by atoms with Gasteiger partial charge in [-0.15, -0.1) is 10.2 Å². The van der Waals surface area contributed by atoms with Gasteiger partial charge in [-0.1, -0.05) is 68.4 Å². The summed E-state index contributed by atoms with van der Waals surface area (Å²) in [5, 5.41) is 20.9. The molecule has 0 atom stereocenters. The molecule has 6 rings (SSSR count). The SMILES string of the molecule is CC(C)Cc1nnc2n1-c1cc(-c3ccccc3)c(-c3ccc(C4(NC(=O)O)CCC4)cc3)nc1OC2. The number of rotatable bonds is 6. The number of fused-ring (bicyclic) bond motifs is 3. The highest BCUT2D eigenvalue weighted by Gasteiger charge is 2.40. The molecule has 0 radical (unpaired) electrons. The smallest absolute Gasteiger partial charge is 0.405 e. The molecular weight excluding hydrogens is 466 g/mol. The molecule has 0 unspecified atom stereocenters. The monoisotopic (exact) mass is 495 g/mol. The molecule has 3 heterocycles. The Labute approximate surface area is 215 Å². The number of nitrogens with one attached hydrogen (secondary N) is 1. The number of amides is 1. The number of hydrogen-bond acceptors (Lipinski definition) is 5. The quantitative estimate of drug-likeness (QED) is 0.354. The summed E-state index contributed by atoms with van der Waals surface area (Å²) in [5.41, 5.74) is 5.10.